The van der Waals surface area contributed by atoms with Crippen LogP contribution in [0, 0.1) is 6.92 Å². The van der Waals surface area contributed by atoms with Gasteiger partial charge in [0, 0.05) is 31.1 Å². The van der Waals surface area contributed by atoms with Gasteiger partial charge in [-0.3, -0.25) is 4.79 Å². The van der Waals surface area contributed by atoms with Gasteiger partial charge < -0.3 is 15.0 Å². The van der Waals surface area contributed by atoms with Gasteiger partial charge in [0.15, 0.2) is 0 Å². The van der Waals surface area contributed by atoms with Gasteiger partial charge in [0.05, 0.1) is 13.2 Å². The number of hydrogen-bond acceptors (Lipinski definition) is 3. The number of nitrogens with zero attached hydrogens (tertiary/aromatic N) is 1. The van der Waals surface area contributed by atoms with Gasteiger partial charge >= 0.3 is 0 Å². The molecular weight excluding hydrogens is 360 g/mol. The second-order valence-corrected chi connectivity index (χ2v) is 7.35. The number of amides is 1. The Morgan fingerprint density at radius 2 is 2.00 bits per heavy atom. The first-order valence-corrected chi connectivity index (χ1v) is 9.40. The summed E-state index contributed by atoms with van der Waals surface area (Å²) in [5.74, 6) is 1.36. The third kappa shape index (κ3) is 3.44. The number of fused-ring (bicyclic) bond motifs is 3. The van der Waals surface area contributed by atoms with Crippen molar-refractivity contribution in [3.8, 4) is 5.75 Å². The second kappa shape index (κ2) is 7.91. The molecule has 2 aliphatic rings. The highest BCUT2D eigenvalue weighted by atomic mass is 35.5. The Balaban J connectivity index is 0.00000210. The number of rotatable bonds is 4. The van der Waals surface area contributed by atoms with Gasteiger partial charge in [-0.15, -0.1) is 12.4 Å². The molecule has 0 saturated carbocycles. The highest BCUT2D eigenvalue weighted by Crippen LogP contribution is 2.38. The van der Waals surface area contributed by atoms with Gasteiger partial charge in [-0.1, -0.05) is 31.2 Å². The SMILES string of the molecule is CCc1cc(C)c2c(c1)C1CNCC1N(Cc1cccc(OC)c1)C2=O.Cl. The molecule has 0 bridgehead atoms. The fraction of sp³-hybridized carbons (Fsp3) is 0.409. The minimum Gasteiger partial charge on any atom is -0.497 e. The smallest absolute Gasteiger partial charge is 0.255 e. The molecule has 1 fully saturated rings. The summed E-state index contributed by atoms with van der Waals surface area (Å²) in [5, 5.41) is 3.50. The predicted octanol–water partition coefficient (Wildman–Crippen LogP) is 3.70. The van der Waals surface area contributed by atoms with Gasteiger partial charge in [-0.25, -0.2) is 0 Å². The Bertz CT molecular complexity index is 852. The van der Waals surface area contributed by atoms with Gasteiger partial charge in [-0.05, 0) is 47.7 Å². The summed E-state index contributed by atoms with van der Waals surface area (Å²) in [7, 11) is 1.67. The molecule has 0 radical (unpaired) electrons. The van der Waals surface area contributed by atoms with Crippen LogP contribution in [0.3, 0.4) is 0 Å². The molecule has 0 spiro atoms. The zero-order chi connectivity index (χ0) is 18.3. The lowest BCUT2D eigenvalue weighted by molar-refractivity contribution is 0.0629. The van der Waals surface area contributed by atoms with Crippen molar-refractivity contribution in [1.29, 1.82) is 0 Å². The van der Waals surface area contributed by atoms with Crippen molar-refractivity contribution < 1.29 is 9.53 Å². The van der Waals surface area contributed by atoms with Gasteiger partial charge in [0.25, 0.3) is 5.91 Å². The van der Waals surface area contributed by atoms with Crippen LogP contribution in [-0.4, -0.2) is 37.0 Å². The second-order valence-electron chi connectivity index (χ2n) is 7.35. The number of carbonyl (C=O) groups excluding carboxylic acids is 1. The van der Waals surface area contributed by atoms with Crippen molar-refractivity contribution in [2.24, 2.45) is 0 Å². The molecule has 2 aliphatic heterocycles. The summed E-state index contributed by atoms with van der Waals surface area (Å²) in [5.41, 5.74) is 5.68. The summed E-state index contributed by atoms with van der Waals surface area (Å²) >= 11 is 0. The molecule has 2 heterocycles. The first-order valence-electron chi connectivity index (χ1n) is 9.40. The van der Waals surface area contributed by atoms with Crippen LogP contribution >= 0.6 is 12.4 Å². The standard InChI is InChI=1S/C22H26N2O2.ClH/c1-4-15-8-14(2)21-18(10-15)19-11-23-12-20(19)24(22(21)25)13-16-6-5-7-17(9-16)26-3;/h5-10,19-20,23H,4,11-13H2,1-3H3;1H. The lowest BCUT2D eigenvalue weighted by atomic mass is 9.81. The van der Waals surface area contributed by atoms with Crippen molar-refractivity contribution in [3.05, 3.63) is 64.2 Å². The quantitative estimate of drug-likeness (QED) is 0.871. The molecule has 1 N–H and O–H groups in total. The summed E-state index contributed by atoms with van der Waals surface area (Å²) in [6, 6.07) is 12.7. The molecule has 4 rings (SSSR count). The van der Waals surface area contributed by atoms with E-state index in [9.17, 15) is 4.79 Å². The minimum absolute atomic E-state index is 0. The molecule has 1 saturated heterocycles. The van der Waals surface area contributed by atoms with E-state index in [2.05, 4.69) is 42.3 Å². The first kappa shape index (κ1) is 19.7. The molecule has 144 valence electrons. The highest BCUT2D eigenvalue weighted by Gasteiger charge is 2.43. The maximum Gasteiger partial charge on any atom is 0.255 e. The lowest BCUT2D eigenvalue weighted by Crippen LogP contribution is -2.48. The number of methoxy groups -OCH3 is 1. The minimum atomic E-state index is 0. The predicted molar refractivity (Wildman–Crippen MR) is 110 cm³/mol. The van der Waals surface area contributed by atoms with E-state index in [1.165, 1.54) is 11.1 Å². The van der Waals surface area contributed by atoms with Crippen LogP contribution in [-0.2, 0) is 13.0 Å². The Kier molecular flexibility index (Phi) is 5.78. The molecule has 1 amide bonds. The number of nitrogens with one attached hydrogen (secondary N) is 1. The molecule has 2 unspecified atom stereocenters. The topological polar surface area (TPSA) is 41.6 Å². The number of halogens is 1. The molecule has 4 nitrogen and oxygen atoms in total. The Morgan fingerprint density at radius 3 is 2.74 bits per heavy atom. The fourth-order valence-electron chi connectivity index (χ4n) is 4.44. The van der Waals surface area contributed by atoms with Crippen molar-refractivity contribution in [2.45, 2.75) is 38.8 Å². The van der Waals surface area contributed by atoms with E-state index in [0.717, 1.165) is 42.0 Å². The molecule has 27 heavy (non-hydrogen) atoms. The van der Waals surface area contributed by atoms with Gasteiger partial charge in [0.2, 0.25) is 0 Å². The summed E-state index contributed by atoms with van der Waals surface area (Å²) in [6.45, 7) is 6.66. The van der Waals surface area contributed by atoms with E-state index in [0.29, 0.717) is 12.5 Å². The number of carbonyl (C=O) groups is 1. The van der Waals surface area contributed by atoms with Crippen molar-refractivity contribution >= 4 is 18.3 Å². The monoisotopic (exact) mass is 386 g/mol. The molecule has 5 heteroatoms. The van der Waals surface area contributed by atoms with Gasteiger partial charge in [0.1, 0.15) is 5.75 Å². The summed E-state index contributed by atoms with van der Waals surface area (Å²) in [6.07, 6.45) is 1.00. The number of aryl methyl sites for hydroxylation is 2. The largest absolute Gasteiger partial charge is 0.497 e. The van der Waals surface area contributed by atoms with Crippen molar-refractivity contribution in [3.63, 3.8) is 0 Å². The third-order valence-electron chi connectivity index (χ3n) is 5.78. The fourth-order valence-corrected chi connectivity index (χ4v) is 4.44. The first-order chi connectivity index (χ1) is 12.6. The maximum absolute atomic E-state index is 13.4. The van der Waals surface area contributed by atoms with E-state index in [4.69, 9.17) is 4.74 Å². The average molecular weight is 387 g/mol. The van der Waals surface area contributed by atoms with E-state index in [1.54, 1.807) is 7.11 Å². The van der Waals surface area contributed by atoms with Crippen LogP contribution in [0.15, 0.2) is 36.4 Å². The van der Waals surface area contributed by atoms with Crippen molar-refractivity contribution in [1.82, 2.24) is 10.2 Å². The van der Waals surface area contributed by atoms with Gasteiger partial charge in [-0.2, -0.15) is 0 Å². The lowest BCUT2D eigenvalue weighted by Gasteiger charge is -2.39. The van der Waals surface area contributed by atoms with E-state index in [-0.39, 0.29) is 24.4 Å². The average Bonchev–Trinajstić information content (AvgIpc) is 3.14. The summed E-state index contributed by atoms with van der Waals surface area (Å²) in [4.78, 5) is 15.5. The normalized spacial score (nSPS) is 20.7. The number of benzene rings is 2. The van der Waals surface area contributed by atoms with E-state index >= 15 is 0 Å². The maximum atomic E-state index is 13.4. The molecule has 2 atom stereocenters. The Morgan fingerprint density at radius 1 is 1.19 bits per heavy atom. The van der Waals surface area contributed by atoms with Crippen LogP contribution in [0.25, 0.3) is 0 Å². The Labute approximate surface area is 167 Å². The van der Waals surface area contributed by atoms with Crippen molar-refractivity contribution in [2.75, 3.05) is 20.2 Å². The molecule has 0 aliphatic carbocycles. The highest BCUT2D eigenvalue weighted by molar-refractivity contribution is 5.99. The van der Waals surface area contributed by atoms with E-state index in [1.807, 2.05) is 18.2 Å². The van der Waals surface area contributed by atoms with Crippen LogP contribution in [0.4, 0.5) is 0 Å². The van der Waals surface area contributed by atoms with Crippen LogP contribution in [0.1, 0.15) is 45.5 Å². The molecule has 0 aromatic heterocycles. The zero-order valence-electron chi connectivity index (χ0n) is 16.1. The molecule has 2 aromatic rings. The molecule has 2 aromatic carbocycles. The third-order valence-corrected chi connectivity index (χ3v) is 5.78. The Hall–Kier alpha value is -2.04. The molecular formula is C22H27ClN2O2. The van der Waals surface area contributed by atoms with E-state index < -0.39 is 0 Å². The summed E-state index contributed by atoms with van der Waals surface area (Å²) < 4.78 is 5.34. The zero-order valence-corrected chi connectivity index (χ0v) is 16.9. The van der Waals surface area contributed by atoms with Crippen LogP contribution in [0.5, 0.6) is 5.75 Å². The van der Waals surface area contributed by atoms with Crippen LogP contribution < -0.4 is 10.1 Å². The van der Waals surface area contributed by atoms with Crippen LogP contribution in [0.2, 0.25) is 0 Å². The number of hydrogen-bond donors (Lipinski definition) is 1. The number of ether oxygens (including phenoxy) is 1.